The molecule has 0 saturated heterocycles. The van der Waals surface area contributed by atoms with E-state index in [0.717, 1.165) is 32.1 Å². The van der Waals surface area contributed by atoms with Gasteiger partial charge in [0, 0.05) is 38.7 Å². The molecule has 0 spiro atoms. The van der Waals surface area contributed by atoms with Gasteiger partial charge in [0.25, 0.3) is 0 Å². The van der Waals surface area contributed by atoms with Crippen molar-refractivity contribution in [3.63, 3.8) is 0 Å². The molecular formula is C19H31N3OS. The van der Waals surface area contributed by atoms with E-state index in [1.165, 1.54) is 36.1 Å². The molecule has 0 amide bonds. The van der Waals surface area contributed by atoms with Gasteiger partial charge in [-0.1, -0.05) is 25.0 Å². The molecule has 0 unspecified atom stereocenters. The van der Waals surface area contributed by atoms with Gasteiger partial charge < -0.3 is 15.4 Å². The zero-order valence-electron chi connectivity index (χ0n) is 15.2. The average Bonchev–Trinajstić information content (AvgIpc) is 3.10. The van der Waals surface area contributed by atoms with Crippen molar-refractivity contribution in [2.24, 2.45) is 10.4 Å². The van der Waals surface area contributed by atoms with Crippen molar-refractivity contribution < 1.29 is 4.74 Å². The minimum Gasteiger partial charge on any atom is -0.385 e. The van der Waals surface area contributed by atoms with Gasteiger partial charge in [0.05, 0.1) is 0 Å². The molecule has 0 aromatic heterocycles. The summed E-state index contributed by atoms with van der Waals surface area (Å²) < 4.78 is 5.31. The highest BCUT2D eigenvalue weighted by Gasteiger charge is 2.33. The van der Waals surface area contributed by atoms with Gasteiger partial charge in [0.15, 0.2) is 5.96 Å². The predicted molar refractivity (Wildman–Crippen MR) is 104 cm³/mol. The van der Waals surface area contributed by atoms with Crippen LogP contribution < -0.4 is 10.6 Å². The molecule has 4 nitrogen and oxygen atoms in total. The Morgan fingerprint density at radius 1 is 1.21 bits per heavy atom. The van der Waals surface area contributed by atoms with Crippen molar-refractivity contribution in [1.82, 2.24) is 10.6 Å². The summed E-state index contributed by atoms with van der Waals surface area (Å²) in [6, 6.07) is 8.67. The van der Waals surface area contributed by atoms with Crippen LogP contribution in [0.25, 0.3) is 0 Å². The molecular weight excluding hydrogens is 318 g/mol. The molecule has 1 fully saturated rings. The molecule has 1 aliphatic rings. The molecule has 134 valence electrons. The standard InChI is InChI=1S/C19H31N3OS/c1-20-18(21-14-16-6-8-17(24-3)9-7-16)22-15-19(12-13-23-2)10-4-5-11-19/h6-9H,4-5,10-15H2,1-3H3,(H2,20,21,22). The second kappa shape index (κ2) is 9.94. The van der Waals surface area contributed by atoms with Gasteiger partial charge in [0.2, 0.25) is 0 Å². The summed E-state index contributed by atoms with van der Waals surface area (Å²) in [5.74, 6) is 0.882. The van der Waals surface area contributed by atoms with Crippen LogP contribution in [0.1, 0.15) is 37.7 Å². The Morgan fingerprint density at radius 2 is 1.92 bits per heavy atom. The summed E-state index contributed by atoms with van der Waals surface area (Å²) in [6.45, 7) is 2.61. The van der Waals surface area contributed by atoms with E-state index in [9.17, 15) is 0 Å². The van der Waals surface area contributed by atoms with Gasteiger partial charge in [0.1, 0.15) is 0 Å². The maximum absolute atomic E-state index is 5.31. The minimum absolute atomic E-state index is 0.369. The van der Waals surface area contributed by atoms with Crippen LogP contribution in [0.4, 0.5) is 0 Å². The fourth-order valence-electron chi connectivity index (χ4n) is 3.38. The normalized spacial score (nSPS) is 17.0. The Kier molecular flexibility index (Phi) is 7.92. The van der Waals surface area contributed by atoms with E-state index in [2.05, 4.69) is 46.1 Å². The van der Waals surface area contributed by atoms with E-state index in [0.29, 0.717) is 5.41 Å². The third kappa shape index (κ3) is 5.71. The molecule has 0 aliphatic heterocycles. The Bertz CT molecular complexity index is 510. The van der Waals surface area contributed by atoms with Crippen LogP contribution in [-0.2, 0) is 11.3 Å². The first-order valence-electron chi connectivity index (χ1n) is 8.78. The molecule has 1 saturated carbocycles. The van der Waals surface area contributed by atoms with Crippen molar-refractivity contribution in [3.05, 3.63) is 29.8 Å². The Labute approximate surface area is 150 Å². The van der Waals surface area contributed by atoms with Crippen LogP contribution in [0, 0.1) is 5.41 Å². The van der Waals surface area contributed by atoms with Crippen molar-refractivity contribution in [1.29, 1.82) is 0 Å². The molecule has 5 heteroatoms. The quantitative estimate of drug-likeness (QED) is 0.427. The third-order valence-electron chi connectivity index (χ3n) is 4.97. The first-order chi connectivity index (χ1) is 11.7. The SMILES string of the molecule is CN=C(NCc1ccc(SC)cc1)NCC1(CCOC)CCCC1. The number of aliphatic imine (C=N–C) groups is 1. The fourth-order valence-corrected chi connectivity index (χ4v) is 3.79. The van der Waals surface area contributed by atoms with Crippen LogP contribution in [0.15, 0.2) is 34.2 Å². The molecule has 1 aromatic rings. The van der Waals surface area contributed by atoms with Crippen LogP contribution >= 0.6 is 11.8 Å². The molecule has 0 atom stereocenters. The van der Waals surface area contributed by atoms with Gasteiger partial charge >= 0.3 is 0 Å². The van der Waals surface area contributed by atoms with Gasteiger partial charge in [-0.15, -0.1) is 11.8 Å². The number of thioether (sulfide) groups is 1. The zero-order chi connectivity index (χ0) is 17.3. The molecule has 1 aliphatic carbocycles. The lowest BCUT2D eigenvalue weighted by molar-refractivity contribution is 0.138. The zero-order valence-corrected chi connectivity index (χ0v) is 16.0. The van der Waals surface area contributed by atoms with Crippen molar-refractivity contribution in [2.45, 2.75) is 43.5 Å². The van der Waals surface area contributed by atoms with E-state index >= 15 is 0 Å². The monoisotopic (exact) mass is 349 g/mol. The van der Waals surface area contributed by atoms with E-state index < -0.39 is 0 Å². The predicted octanol–water partition coefficient (Wildman–Crippen LogP) is 3.67. The molecule has 0 bridgehead atoms. The number of hydrogen-bond acceptors (Lipinski definition) is 3. The van der Waals surface area contributed by atoms with Gasteiger partial charge in [-0.3, -0.25) is 4.99 Å². The van der Waals surface area contributed by atoms with E-state index in [-0.39, 0.29) is 0 Å². The van der Waals surface area contributed by atoms with E-state index in [1.807, 2.05) is 7.05 Å². The summed E-state index contributed by atoms with van der Waals surface area (Å²) in [5.41, 5.74) is 1.64. The summed E-state index contributed by atoms with van der Waals surface area (Å²) in [4.78, 5) is 5.66. The highest BCUT2D eigenvalue weighted by Crippen LogP contribution is 2.40. The molecule has 0 heterocycles. The minimum atomic E-state index is 0.369. The summed E-state index contributed by atoms with van der Waals surface area (Å²) in [7, 11) is 3.63. The van der Waals surface area contributed by atoms with E-state index in [4.69, 9.17) is 4.74 Å². The summed E-state index contributed by atoms with van der Waals surface area (Å²) >= 11 is 1.77. The Balaban J connectivity index is 1.82. The second-order valence-corrected chi connectivity index (χ2v) is 7.46. The van der Waals surface area contributed by atoms with Crippen molar-refractivity contribution >= 4 is 17.7 Å². The molecule has 0 radical (unpaired) electrons. The molecule has 2 rings (SSSR count). The lowest BCUT2D eigenvalue weighted by atomic mass is 9.83. The molecule has 24 heavy (non-hydrogen) atoms. The van der Waals surface area contributed by atoms with Gasteiger partial charge in [-0.25, -0.2) is 0 Å². The first kappa shape index (κ1) is 19.1. The van der Waals surface area contributed by atoms with Crippen LogP contribution in [0.5, 0.6) is 0 Å². The topological polar surface area (TPSA) is 45.7 Å². The Morgan fingerprint density at radius 3 is 2.50 bits per heavy atom. The number of ether oxygens (including phenoxy) is 1. The van der Waals surface area contributed by atoms with Crippen molar-refractivity contribution in [3.8, 4) is 0 Å². The Hall–Kier alpha value is -1.20. The number of methoxy groups -OCH3 is 1. The number of benzene rings is 1. The van der Waals surface area contributed by atoms with Crippen molar-refractivity contribution in [2.75, 3.05) is 33.6 Å². The lowest BCUT2D eigenvalue weighted by Gasteiger charge is -2.30. The van der Waals surface area contributed by atoms with Crippen LogP contribution in [-0.4, -0.2) is 39.5 Å². The largest absolute Gasteiger partial charge is 0.385 e. The number of rotatable bonds is 8. The fraction of sp³-hybridized carbons (Fsp3) is 0.632. The number of guanidine groups is 1. The number of nitrogens with zero attached hydrogens (tertiary/aromatic N) is 1. The maximum atomic E-state index is 5.31. The van der Waals surface area contributed by atoms with Gasteiger partial charge in [-0.05, 0) is 48.6 Å². The summed E-state index contributed by atoms with van der Waals surface area (Å²) in [5, 5.41) is 6.95. The molecule has 2 N–H and O–H groups in total. The maximum Gasteiger partial charge on any atom is 0.191 e. The number of hydrogen-bond donors (Lipinski definition) is 2. The van der Waals surface area contributed by atoms with Gasteiger partial charge in [-0.2, -0.15) is 0 Å². The first-order valence-corrected chi connectivity index (χ1v) is 10.0. The van der Waals surface area contributed by atoms with Crippen LogP contribution in [0.3, 0.4) is 0 Å². The summed E-state index contributed by atoms with van der Waals surface area (Å²) in [6.07, 6.45) is 8.47. The molecule has 1 aromatic carbocycles. The lowest BCUT2D eigenvalue weighted by Crippen LogP contribution is -2.43. The number of nitrogens with one attached hydrogen (secondary N) is 2. The highest BCUT2D eigenvalue weighted by atomic mass is 32.2. The highest BCUT2D eigenvalue weighted by molar-refractivity contribution is 7.98. The van der Waals surface area contributed by atoms with Crippen LogP contribution in [0.2, 0.25) is 0 Å². The van der Waals surface area contributed by atoms with E-state index in [1.54, 1.807) is 18.9 Å². The smallest absolute Gasteiger partial charge is 0.191 e. The third-order valence-corrected chi connectivity index (χ3v) is 5.72. The second-order valence-electron chi connectivity index (χ2n) is 6.58. The average molecular weight is 350 g/mol.